The molecule has 41 heavy (non-hydrogen) atoms. The summed E-state index contributed by atoms with van der Waals surface area (Å²) in [6.07, 6.45) is 2.89. The van der Waals surface area contributed by atoms with Gasteiger partial charge in [0.15, 0.2) is 5.82 Å². The van der Waals surface area contributed by atoms with E-state index in [2.05, 4.69) is 20.2 Å². The summed E-state index contributed by atoms with van der Waals surface area (Å²) in [5.74, 6) is -0.326. The number of ether oxygens (including phenoxy) is 1. The summed E-state index contributed by atoms with van der Waals surface area (Å²) in [6.45, 7) is 3.98. The molecule has 0 radical (unpaired) electrons. The van der Waals surface area contributed by atoms with E-state index in [9.17, 15) is 8.78 Å². The minimum absolute atomic E-state index is 0.00803. The number of halogens is 4. The van der Waals surface area contributed by atoms with E-state index in [0.29, 0.717) is 53.0 Å². The lowest BCUT2D eigenvalue weighted by Gasteiger charge is -2.32. The van der Waals surface area contributed by atoms with Gasteiger partial charge in [-0.25, -0.2) is 13.2 Å². The molecule has 3 fully saturated rings. The van der Waals surface area contributed by atoms with Gasteiger partial charge in [0, 0.05) is 62.7 Å². The predicted octanol–water partition coefficient (Wildman–Crippen LogP) is 5.39. The SMILES string of the molecule is CN(CC1CNC1)c1nc(OC[C@@]23CCCN2C[C@H](F)C3)nc2c(F)c(-c3cccc4ccc(F)c(Cl)c34)ncc12. The fraction of sp³-hybridized carbons (Fsp3) is 0.433. The Morgan fingerprint density at radius 1 is 1.20 bits per heavy atom. The Balaban J connectivity index is 1.33. The van der Waals surface area contributed by atoms with Gasteiger partial charge in [0.05, 0.1) is 15.9 Å². The standard InChI is InChI=1S/C30H30ClF3N6O/c1-39(14-17-11-35-12-17)28-21-13-36-26(20-5-2-4-18-6-7-22(33)24(31)23(18)20)25(34)27(21)37-29(38-28)41-16-30-8-3-9-40(30)15-19(32)10-30/h2,4-7,13,17,19,35H,3,8-12,14-16H2,1H3/t19-,30+/m1/s1. The van der Waals surface area contributed by atoms with Crippen molar-refractivity contribution < 1.29 is 17.9 Å². The van der Waals surface area contributed by atoms with Gasteiger partial charge in [-0.2, -0.15) is 9.97 Å². The molecule has 4 aromatic rings. The van der Waals surface area contributed by atoms with Crippen LogP contribution in [0.1, 0.15) is 19.3 Å². The number of fused-ring (bicyclic) bond motifs is 3. The molecule has 214 valence electrons. The highest BCUT2D eigenvalue weighted by molar-refractivity contribution is 6.36. The summed E-state index contributed by atoms with van der Waals surface area (Å²) < 4.78 is 51.4. The van der Waals surface area contributed by atoms with Crippen LogP contribution in [0.3, 0.4) is 0 Å². The van der Waals surface area contributed by atoms with Crippen molar-refractivity contribution in [3.05, 3.63) is 53.2 Å². The van der Waals surface area contributed by atoms with E-state index in [0.717, 1.165) is 32.5 Å². The predicted molar refractivity (Wildman–Crippen MR) is 153 cm³/mol. The third-order valence-corrected chi connectivity index (χ3v) is 9.19. The van der Waals surface area contributed by atoms with Crippen molar-refractivity contribution in [1.29, 1.82) is 0 Å². The monoisotopic (exact) mass is 582 g/mol. The molecule has 11 heteroatoms. The maximum absolute atomic E-state index is 16.5. The zero-order valence-electron chi connectivity index (χ0n) is 22.6. The molecule has 0 saturated carbocycles. The normalized spacial score (nSPS) is 22.8. The largest absolute Gasteiger partial charge is 0.461 e. The number of rotatable bonds is 7. The minimum Gasteiger partial charge on any atom is -0.461 e. The van der Waals surface area contributed by atoms with Gasteiger partial charge in [-0.15, -0.1) is 0 Å². The lowest BCUT2D eigenvalue weighted by atomic mass is 9.95. The quantitative estimate of drug-likeness (QED) is 0.313. The van der Waals surface area contributed by atoms with Crippen molar-refractivity contribution >= 4 is 39.1 Å². The average Bonchev–Trinajstić information content (AvgIpc) is 3.47. The number of nitrogens with zero attached hydrogens (tertiary/aromatic N) is 5. The van der Waals surface area contributed by atoms with Crippen LogP contribution >= 0.6 is 11.6 Å². The molecule has 7 rings (SSSR count). The number of benzene rings is 2. The van der Waals surface area contributed by atoms with Crippen molar-refractivity contribution in [3.63, 3.8) is 0 Å². The average molecular weight is 583 g/mol. The Hall–Kier alpha value is -3.21. The number of aromatic nitrogens is 3. The second-order valence-electron chi connectivity index (χ2n) is 11.5. The molecule has 7 nitrogen and oxygen atoms in total. The van der Waals surface area contributed by atoms with Crippen molar-refractivity contribution in [2.75, 3.05) is 51.3 Å². The first-order valence-electron chi connectivity index (χ1n) is 14.0. The fourth-order valence-corrected chi connectivity index (χ4v) is 6.94. The van der Waals surface area contributed by atoms with E-state index in [1.165, 1.54) is 6.07 Å². The molecule has 3 aliphatic rings. The third-order valence-electron chi connectivity index (χ3n) is 8.82. The molecule has 2 atom stereocenters. The lowest BCUT2D eigenvalue weighted by molar-refractivity contribution is 0.107. The maximum Gasteiger partial charge on any atom is 0.319 e. The molecule has 2 aromatic carbocycles. The second kappa shape index (κ2) is 10.3. The van der Waals surface area contributed by atoms with Gasteiger partial charge in [0.2, 0.25) is 0 Å². The van der Waals surface area contributed by atoms with Gasteiger partial charge in [-0.3, -0.25) is 9.88 Å². The molecule has 0 spiro atoms. The van der Waals surface area contributed by atoms with E-state index in [1.807, 2.05) is 11.9 Å². The molecular weight excluding hydrogens is 553 g/mol. The highest BCUT2D eigenvalue weighted by Crippen LogP contribution is 2.41. The van der Waals surface area contributed by atoms with E-state index in [4.69, 9.17) is 21.3 Å². The maximum atomic E-state index is 16.5. The minimum atomic E-state index is -0.891. The molecule has 0 unspecified atom stereocenters. The van der Waals surface area contributed by atoms with Gasteiger partial charge in [0.1, 0.15) is 35.6 Å². The van der Waals surface area contributed by atoms with E-state index in [1.54, 1.807) is 30.5 Å². The van der Waals surface area contributed by atoms with Gasteiger partial charge >= 0.3 is 6.01 Å². The van der Waals surface area contributed by atoms with Crippen LogP contribution in [0.25, 0.3) is 32.9 Å². The summed E-state index contributed by atoms with van der Waals surface area (Å²) in [7, 11) is 1.91. The van der Waals surface area contributed by atoms with Gasteiger partial charge in [-0.1, -0.05) is 35.9 Å². The number of hydrogen-bond acceptors (Lipinski definition) is 7. The zero-order chi connectivity index (χ0) is 28.3. The fourth-order valence-electron chi connectivity index (χ4n) is 6.67. The van der Waals surface area contributed by atoms with Crippen LogP contribution in [-0.4, -0.2) is 77.9 Å². The Kier molecular flexibility index (Phi) is 6.67. The molecule has 3 aliphatic heterocycles. The molecule has 5 heterocycles. The molecule has 1 N–H and O–H groups in total. The van der Waals surface area contributed by atoms with E-state index >= 15 is 4.39 Å². The van der Waals surface area contributed by atoms with Crippen molar-refractivity contribution in [1.82, 2.24) is 25.2 Å². The topological polar surface area (TPSA) is 66.4 Å². The van der Waals surface area contributed by atoms with Crippen molar-refractivity contribution in [2.24, 2.45) is 5.92 Å². The van der Waals surface area contributed by atoms with E-state index < -0.39 is 23.3 Å². The van der Waals surface area contributed by atoms with Crippen LogP contribution < -0.4 is 15.0 Å². The van der Waals surface area contributed by atoms with Crippen molar-refractivity contribution in [2.45, 2.75) is 31.0 Å². The summed E-state index contributed by atoms with van der Waals surface area (Å²) in [6, 6.07) is 8.14. The summed E-state index contributed by atoms with van der Waals surface area (Å²) >= 11 is 6.36. The number of hydrogen-bond donors (Lipinski definition) is 1. The van der Waals surface area contributed by atoms with Crippen LogP contribution in [-0.2, 0) is 0 Å². The molecule has 0 bridgehead atoms. The third kappa shape index (κ3) is 4.56. The number of alkyl halides is 1. The molecule has 0 aliphatic carbocycles. The highest BCUT2D eigenvalue weighted by Gasteiger charge is 2.49. The Bertz CT molecular complexity index is 1650. The first-order valence-corrected chi connectivity index (χ1v) is 14.4. The Morgan fingerprint density at radius 2 is 2.05 bits per heavy atom. The Labute approximate surface area is 240 Å². The summed E-state index contributed by atoms with van der Waals surface area (Å²) in [5.41, 5.74) is 0.0262. The van der Waals surface area contributed by atoms with Crippen LogP contribution in [0.15, 0.2) is 36.5 Å². The van der Waals surface area contributed by atoms with E-state index in [-0.39, 0.29) is 28.9 Å². The molecule has 3 saturated heterocycles. The highest BCUT2D eigenvalue weighted by atomic mass is 35.5. The second-order valence-corrected chi connectivity index (χ2v) is 11.9. The van der Waals surface area contributed by atoms with Crippen LogP contribution in [0.4, 0.5) is 19.0 Å². The summed E-state index contributed by atoms with van der Waals surface area (Å²) in [4.78, 5) is 17.8. The number of anilines is 1. The number of nitrogens with one attached hydrogen (secondary N) is 1. The number of pyridine rings is 1. The molecule has 2 aromatic heterocycles. The lowest BCUT2D eigenvalue weighted by Crippen LogP contribution is -2.47. The van der Waals surface area contributed by atoms with Crippen molar-refractivity contribution in [3.8, 4) is 17.3 Å². The smallest absolute Gasteiger partial charge is 0.319 e. The summed E-state index contributed by atoms with van der Waals surface area (Å²) in [5, 5.41) is 4.66. The van der Waals surface area contributed by atoms with Gasteiger partial charge in [-0.05, 0) is 30.8 Å². The molecular formula is C30H30ClF3N6O. The van der Waals surface area contributed by atoms with Crippen LogP contribution in [0.5, 0.6) is 6.01 Å². The van der Waals surface area contributed by atoms with Crippen LogP contribution in [0, 0.1) is 17.6 Å². The Morgan fingerprint density at radius 3 is 2.85 bits per heavy atom. The van der Waals surface area contributed by atoms with Gasteiger partial charge in [0.25, 0.3) is 0 Å². The first kappa shape index (κ1) is 26.7. The zero-order valence-corrected chi connectivity index (χ0v) is 23.4. The first-order chi connectivity index (χ1) is 19.8. The van der Waals surface area contributed by atoms with Gasteiger partial charge < -0.3 is 15.0 Å². The molecule has 0 amide bonds. The van der Waals surface area contributed by atoms with Crippen LogP contribution in [0.2, 0.25) is 5.02 Å².